The maximum atomic E-state index is 12.0. The van der Waals surface area contributed by atoms with E-state index in [1.54, 1.807) is 18.2 Å². The smallest absolute Gasteiger partial charge is 0.306 e. The molecule has 0 spiro atoms. The van der Waals surface area contributed by atoms with Crippen molar-refractivity contribution in [2.45, 2.75) is 38.1 Å². The lowest BCUT2D eigenvalue weighted by atomic mass is 9.86. The van der Waals surface area contributed by atoms with Gasteiger partial charge in [0.2, 0.25) is 5.91 Å². The Labute approximate surface area is 127 Å². The zero-order chi connectivity index (χ0) is 16.1. The van der Waals surface area contributed by atoms with Gasteiger partial charge in [-0.25, -0.2) is 0 Å². The Balaban J connectivity index is 1.89. The number of carboxylic acids is 1. The van der Waals surface area contributed by atoms with E-state index in [0.717, 1.165) is 0 Å². The Bertz CT molecular complexity index is 579. The Morgan fingerprint density at radius 2 is 1.86 bits per heavy atom. The third-order valence-electron chi connectivity index (χ3n) is 3.98. The lowest BCUT2D eigenvalue weighted by molar-refractivity contribution is -0.385. The standard InChI is InChI=1S/C15H18N2O5/c18-14(9-11-3-1-2-4-13(11)17(21)22)16-12-7-5-10(6-8-12)15(19)20/h1-4,10,12H,5-9H2,(H,16,18)(H,19,20). The molecular weight excluding hydrogens is 288 g/mol. The predicted octanol–water partition coefficient (Wildman–Crippen LogP) is 1.90. The number of carbonyl (C=O) groups excluding carboxylic acids is 1. The fraction of sp³-hybridized carbons (Fsp3) is 0.467. The highest BCUT2D eigenvalue weighted by Gasteiger charge is 2.27. The summed E-state index contributed by atoms with van der Waals surface area (Å²) in [6.07, 6.45) is 2.30. The number of hydrogen-bond acceptors (Lipinski definition) is 4. The van der Waals surface area contributed by atoms with E-state index in [-0.39, 0.29) is 30.0 Å². The fourth-order valence-corrected chi connectivity index (χ4v) is 2.77. The van der Waals surface area contributed by atoms with Gasteiger partial charge in [-0.1, -0.05) is 18.2 Å². The zero-order valence-electron chi connectivity index (χ0n) is 12.0. The van der Waals surface area contributed by atoms with Gasteiger partial charge in [-0.05, 0) is 25.7 Å². The molecule has 1 aliphatic rings. The van der Waals surface area contributed by atoms with Crippen molar-refractivity contribution in [3.63, 3.8) is 0 Å². The van der Waals surface area contributed by atoms with Crippen LogP contribution in [0.2, 0.25) is 0 Å². The van der Waals surface area contributed by atoms with Crippen LogP contribution in [-0.4, -0.2) is 27.9 Å². The molecule has 1 amide bonds. The molecule has 2 rings (SSSR count). The number of rotatable bonds is 5. The molecule has 0 atom stereocenters. The van der Waals surface area contributed by atoms with Crippen molar-refractivity contribution in [3.8, 4) is 0 Å². The molecule has 7 heteroatoms. The second-order valence-electron chi connectivity index (χ2n) is 5.52. The van der Waals surface area contributed by atoms with Gasteiger partial charge in [0.25, 0.3) is 5.69 Å². The van der Waals surface area contributed by atoms with E-state index in [0.29, 0.717) is 31.2 Å². The number of nitro groups is 1. The largest absolute Gasteiger partial charge is 0.481 e. The molecule has 1 fully saturated rings. The maximum Gasteiger partial charge on any atom is 0.306 e. The SMILES string of the molecule is O=C(Cc1ccccc1[N+](=O)[O-])NC1CCC(C(=O)O)CC1. The summed E-state index contributed by atoms with van der Waals surface area (Å²) in [5, 5.41) is 22.7. The Morgan fingerprint density at radius 3 is 2.45 bits per heavy atom. The van der Waals surface area contributed by atoms with Crippen LogP contribution in [0.1, 0.15) is 31.2 Å². The molecule has 22 heavy (non-hydrogen) atoms. The van der Waals surface area contributed by atoms with Gasteiger partial charge >= 0.3 is 5.97 Å². The van der Waals surface area contributed by atoms with E-state index in [4.69, 9.17) is 5.11 Å². The van der Waals surface area contributed by atoms with Gasteiger partial charge in [0.15, 0.2) is 0 Å². The number of aliphatic carboxylic acids is 1. The summed E-state index contributed by atoms with van der Waals surface area (Å²) in [7, 11) is 0. The number of nitrogens with one attached hydrogen (secondary N) is 1. The first kappa shape index (κ1) is 15.9. The van der Waals surface area contributed by atoms with Crippen molar-refractivity contribution in [1.82, 2.24) is 5.32 Å². The number of carboxylic acid groups (broad SMARTS) is 1. The average molecular weight is 306 g/mol. The van der Waals surface area contributed by atoms with Crippen molar-refractivity contribution in [3.05, 3.63) is 39.9 Å². The molecule has 1 aromatic rings. The van der Waals surface area contributed by atoms with E-state index in [9.17, 15) is 19.7 Å². The van der Waals surface area contributed by atoms with Crippen LogP contribution in [0.4, 0.5) is 5.69 Å². The third-order valence-corrected chi connectivity index (χ3v) is 3.98. The summed E-state index contributed by atoms with van der Waals surface area (Å²) >= 11 is 0. The summed E-state index contributed by atoms with van der Waals surface area (Å²) in [5.74, 6) is -1.39. The second-order valence-corrected chi connectivity index (χ2v) is 5.52. The number of nitro benzene ring substituents is 1. The number of carbonyl (C=O) groups is 2. The number of benzene rings is 1. The van der Waals surface area contributed by atoms with Crippen LogP contribution in [0.3, 0.4) is 0 Å². The van der Waals surface area contributed by atoms with Crippen LogP contribution in [0.5, 0.6) is 0 Å². The minimum absolute atomic E-state index is 0.0456. The molecular formula is C15H18N2O5. The molecule has 0 heterocycles. The minimum atomic E-state index is -0.787. The normalized spacial score (nSPS) is 21.1. The van der Waals surface area contributed by atoms with Crippen LogP contribution < -0.4 is 5.32 Å². The minimum Gasteiger partial charge on any atom is -0.481 e. The fourth-order valence-electron chi connectivity index (χ4n) is 2.77. The summed E-state index contributed by atoms with van der Waals surface area (Å²) in [6, 6.07) is 6.12. The Morgan fingerprint density at radius 1 is 1.23 bits per heavy atom. The van der Waals surface area contributed by atoms with E-state index in [1.807, 2.05) is 0 Å². The van der Waals surface area contributed by atoms with Crippen LogP contribution in [0.25, 0.3) is 0 Å². The average Bonchev–Trinajstić information content (AvgIpc) is 2.48. The molecule has 1 aliphatic carbocycles. The topological polar surface area (TPSA) is 110 Å². The van der Waals surface area contributed by atoms with Gasteiger partial charge in [0.05, 0.1) is 17.3 Å². The van der Waals surface area contributed by atoms with Crippen molar-refractivity contribution in [1.29, 1.82) is 0 Å². The number of hydrogen-bond donors (Lipinski definition) is 2. The monoisotopic (exact) mass is 306 g/mol. The van der Waals surface area contributed by atoms with Gasteiger partial charge in [0.1, 0.15) is 0 Å². The van der Waals surface area contributed by atoms with E-state index < -0.39 is 10.9 Å². The van der Waals surface area contributed by atoms with Crippen molar-refractivity contribution >= 4 is 17.6 Å². The van der Waals surface area contributed by atoms with Gasteiger partial charge in [0, 0.05) is 17.7 Å². The molecule has 118 valence electrons. The summed E-state index contributed by atoms with van der Waals surface area (Å²) in [6.45, 7) is 0. The number of nitrogens with zero attached hydrogens (tertiary/aromatic N) is 1. The quantitative estimate of drug-likeness (QED) is 0.637. The van der Waals surface area contributed by atoms with Crippen LogP contribution in [0, 0.1) is 16.0 Å². The lowest BCUT2D eigenvalue weighted by Gasteiger charge is -2.26. The second kappa shape index (κ2) is 7.02. The highest BCUT2D eigenvalue weighted by atomic mass is 16.6. The first-order chi connectivity index (χ1) is 10.5. The van der Waals surface area contributed by atoms with E-state index in [2.05, 4.69) is 5.32 Å². The molecule has 1 aromatic carbocycles. The van der Waals surface area contributed by atoms with Crippen molar-refractivity contribution in [2.24, 2.45) is 5.92 Å². The molecule has 1 saturated carbocycles. The van der Waals surface area contributed by atoms with Gasteiger partial charge in [-0.15, -0.1) is 0 Å². The number of para-hydroxylation sites is 1. The molecule has 0 unspecified atom stereocenters. The molecule has 0 aromatic heterocycles. The van der Waals surface area contributed by atoms with Crippen molar-refractivity contribution < 1.29 is 19.6 Å². The van der Waals surface area contributed by atoms with Crippen molar-refractivity contribution in [2.75, 3.05) is 0 Å². The van der Waals surface area contributed by atoms with Crippen LogP contribution in [-0.2, 0) is 16.0 Å². The zero-order valence-corrected chi connectivity index (χ0v) is 12.0. The first-order valence-corrected chi connectivity index (χ1v) is 7.22. The van der Waals surface area contributed by atoms with Gasteiger partial charge in [-0.2, -0.15) is 0 Å². The lowest BCUT2D eigenvalue weighted by Crippen LogP contribution is -2.39. The third kappa shape index (κ3) is 4.03. The summed E-state index contributed by atoms with van der Waals surface area (Å²) in [5.41, 5.74) is 0.316. The molecule has 0 radical (unpaired) electrons. The summed E-state index contributed by atoms with van der Waals surface area (Å²) < 4.78 is 0. The molecule has 2 N–H and O–H groups in total. The first-order valence-electron chi connectivity index (χ1n) is 7.22. The Kier molecular flexibility index (Phi) is 5.08. The highest BCUT2D eigenvalue weighted by Crippen LogP contribution is 2.24. The molecule has 0 aliphatic heterocycles. The van der Waals surface area contributed by atoms with E-state index in [1.165, 1.54) is 6.07 Å². The maximum absolute atomic E-state index is 12.0. The van der Waals surface area contributed by atoms with Gasteiger partial charge < -0.3 is 10.4 Å². The number of amides is 1. The molecule has 7 nitrogen and oxygen atoms in total. The predicted molar refractivity (Wildman–Crippen MR) is 78.3 cm³/mol. The molecule has 0 bridgehead atoms. The van der Waals surface area contributed by atoms with E-state index >= 15 is 0 Å². The highest BCUT2D eigenvalue weighted by molar-refractivity contribution is 5.80. The summed E-state index contributed by atoms with van der Waals surface area (Å²) in [4.78, 5) is 33.3. The Hall–Kier alpha value is -2.44. The molecule has 0 saturated heterocycles. The van der Waals surface area contributed by atoms with Gasteiger partial charge in [-0.3, -0.25) is 19.7 Å². The van der Waals surface area contributed by atoms with Crippen LogP contribution in [0.15, 0.2) is 24.3 Å². The van der Waals surface area contributed by atoms with Crippen LogP contribution >= 0.6 is 0 Å².